The number of benzene rings is 1. The topological polar surface area (TPSA) is 58.2 Å². The van der Waals surface area contributed by atoms with E-state index in [4.69, 9.17) is 27.9 Å². The predicted molar refractivity (Wildman–Crippen MR) is 109 cm³/mol. The van der Waals surface area contributed by atoms with E-state index in [1.807, 2.05) is 12.1 Å². The fourth-order valence-electron chi connectivity index (χ4n) is 3.90. The van der Waals surface area contributed by atoms with Crippen molar-refractivity contribution in [2.24, 2.45) is 11.3 Å². The molecular weight excluding hydrogens is 405 g/mol. The molecule has 1 spiro atoms. The van der Waals surface area contributed by atoms with E-state index in [2.05, 4.69) is 21.8 Å². The van der Waals surface area contributed by atoms with Gasteiger partial charge in [-0.15, -0.1) is 0 Å². The number of hydrogen-bond acceptors (Lipinski definition) is 5. The summed E-state index contributed by atoms with van der Waals surface area (Å²) in [5.74, 6) is 1.06. The first-order chi connectivity index (χ1) is 13.0. The van der Waals surface area contributed by atoms with Crippen LogP contribution >= 0.6 is 35.0 Å². The minimum absolute atomic E-state index is 0.176. The monoisotopic (exact) mass is 425 g/mol. The van der Waals surface area contributed by atoms with Crippen LogP contribution in [-0.4, -0.2) is 36.3 Å². The molecule has 144 valence electrons. The average molecular weight is 426 g/mol. The molecule has 0 saturated carbocycles. The number of nitrogens with one attached hydrogen (secondary N) is 1. The van der Waals surface area contributed by atoms with Gasteiger partial charge in [0.25, 0.3) is 5.56 Å². The minimum Gasteiger partial charge on any atom is -0.381 e. The van der Waals surface area contributed by atoms with Crippen molar-refractivity contribution in [3.8, 4) is 0 Å². The summed E-state index contributed by atoms with van der Waals surface area (Å²) in [4.78, 5) is 22.8. The molecule has 0 bridgehead atoms. The van der Waals surface area contributed by atoms with Gasteiger partial charge in [-0.25, -0.2) is 4.98 Å². The highest BCUT2D eigenvalue weighted by Gasteiger charge is 2.43. The summed E-state index contributed by atoms with van der Waals surface area (Å²) in [7, 11) is 0. The molecule has 2 saturated heterocycles. The molecule has 5 nitrogen and oxygen atoms in total. The van der Waals surface area contributed by atoms with Crippen LogP contribution in [0.2, 0.25) is 10.0 Å². The van der Waals surface area contributed by atoms with Crippen LogP contribution in [0.3, 0.4) is 0 Å². The minimum atomic E-state index is -0.176. The Kier molecular flexibility index (Phi) is 5.43. The zero-order valence-electron chi connectivity index (χ0n) is 15.0. The Balaban J connectivity index is 1.48. The lowest BCUT2D eigenvalue weighted by atomic mass is 9.72. The molecule has 0 aliphatic carbocycles. The molecule has 8 heteroatoms. The molecule has 4 rings (SSSR count). The quantitative estimate of drug-likeness (QED) is 0.784. The van der Waals surface area contributed by atoms with E-state index < -0.39 is 0 Å². The van der Waals surface area contributed by atoms with Gasteiger partial charge in [0.2, 0.25) is 0 Å². The lowest BCUT2D eigenvalue weighted by molar-refractivity contribution is 0.127. The molecule has 27 heavy (non-hydrogen) atoms. The van der Waals surface area contributed by atoms with Crippen molar-refractivity contribution in [2.45, 2.75) is 29.7 Å². The molecule has 1 aromatic carbocycles. The van der Waals surface area contributed by atoms with Crippen molar-refractivity contribution in [1.29, 1.82) is 0 Å². The van der Waals surface area contributed by atoms with Crippen LogP contribution in [0, 0.1) is 11.3 Å². The second-order valence-corrected chi connectivity index (χ2v) is 9.19. The Hall–Kier alpha value is -1.21. The molecule has 1 aromatic heterocycles. The van der Waals surface area contributed by atoms with Crippen molar-refractivity contribution in [3.05, 3.63) is 44.8 Å². The molecule has 2 fully saturated rings. The number of hydrogen-bond donors (Lipinski definition) is 1. The SMILES string of the molecule is C[C@@H]1COCC12CCN(c1ncc(Sc3cccc(Cl)c3Cl)[nH]c1=O)CC2. The number of anilines is 1. The third kappa shape index (κ3) is 3.73. The highest BCUT2D eigenvalue weighted by molar-refractivity contribution is 7.99. The first-order valence-electron chi connectivity index (χ1n) is 9.02. The standard InChI is InChI=1S/C19H21Cl2N3O2S/c1-12-10-26-11-19(12)5-7-24(8-6-19)17-18(25)23-15(9-22-17)27-14-4-2-3-13(20)16(14)21/h2-4,9,12H,5-8,10-11H2,1H3,(H,23,25)/t12-/m1/s1. The summed E-state index contributed by atoms with van der Waals surface area (Å²) in [6.07, 6.45) is 3.75. The number of rotatable bonds is 3. The van der Waals surface area contributed by atoms with Crippen LogP contribution in [0.15, 0.2) is 39.1 Å². The number of H-pyrrole nitrogens is 1. The maximum Gasteiger partial charge on any atom is 0.291 e. The smallest absolute Gasteiger partial charge is 0.291 e. The van der Waals surface area contributed by atoms with Crippen molar-refractivity contribution >= 4 is 40.8 Å². The molecule has 2 aromatic rings. The van der Waals surface area contributed by atoms with E-state index in [1.54, 1.807) is 12.3 Å². The van der Waals surface area contributed by atoms with Gasteiger partial charge in [-0.3, -0.25) is 4.79 Å². The number of halogens is 2. The Morgan fingerprint density at radius 3 is 2.78 bits per heavy atom. The molecule has 1 N–H and O–H groups in total. The number of piperidine rings is 1. The highest BCUT2D eigenvalue weighted by atomic mass is 35.5. The Morgan fingerprint density at radius 2 is 2.11 bits per heavy atom. The van der Waals surface area contributed by atoms with Gasteiger partial charge in [0, 0.05) is 30.0 Å². The van der Waals surface area contributed by atoms with Crippen molar-refractivity contribution in [2.75, 3.05) is 31.2 Å². The summed E-state index contributed by atoms with van der Waals surface area (Å²) < 4.78 is 5.68. The molecule has 0 radical (unpaired) electrons. The zero-order chi connectivity index (χ0) is 19.0. The van der Waals surface area contributed by atoms with Crippen molar-refractivity contribution < 1.29 is 4.74 Å². The van der Waals surface area contributed by atoms with Gasteiger partial charge in [-0.1, -0.05) is 48.0 Å². The van der Waals surface area contributed by atoms with Crippen LogP contribution in [0.25, 0.3) is 0 Å². The Morgan fingerprint density at radius 1 is 1.33 bits per heavy atom. The molecule has 2 aliphatic rings. The Labute approximate surface area is 172 Å². The van der Waals surface area contributed by atoms with Crippen molar-refractivity contribution in [3.63, 3.8) is 0 Å². The molecule has 0 unspecified atom stereocenters. The summed E-state index contributed by atoms with van der Waals surface area (Å²) in [6, 6.07) is 5.42. The first-order valence-corrected chi connectivity index (χ1v) is 10.6. The van der Waals surface area contributed by atoms with E-state index in [0.29, 0.717) is 26.8 Å². The number of nitrogens with zero attached hydrogens (tertiary/aromatic N) is 2. The van der Waals surface area contributed by atoms with E-state index in [-0.39, 0.29) is 11.0 Å². The maximum absolute atomic E-state index is 12.6. The fourth-order valence-corrected chi connectivity index (χ4v) is 5.20. The Bertz CT molecular complexity index is 897. The second kappa shape index (κ2) is 7.66. The van der Waals surface area contributed by atoms with Crippen molar-refractivity contribution in [1.82, 2.24) is 9.97 Å². The third-order valence-electron chi connectivity index (χ3n) is 5.74. The summed E-state index contributed by atoms with van der Waals surface area (Å²) in [5.41, 5.74) is 0.0902. The summed E-state index contributed by atoms with van der Waals surface area (Å²) in [6.45, 7) is 5.60. The second-order valence-electron chi connectivity index (χ2n) is 7.32. The van der Waals surface area contributed by atoms with E-state index >= 15 is 0 Å². The van der Waals surface area contributed by atoms with Gasteiger partial charge >= 0.3 is 0 Å². The molecule has 2 aliphatic heterocycles. The third-order valence-corrected chi connectivity index (χ3v) is 7.66. The van der Waals surface area contributed by atoms with Crippen LogP contribution in [0.5, 0.6) is 0 Å². The van der Waals surface area contributed by atoms with E-state index in [9.17, 15) is 4.79 Å². The van der Waals surface area contributed by atoms with Crippen LogP contribution in [0.1, 0.15) is 19.8 Å². The zero-order valence-corrected chi connectivity index (χ0v) is 17.3. The largest absolute Gasteiger partial charge is 0.381 e. The molecule has 0 amide bonds. The number of ether oxygens (including phenoxy) is 1. The molecule has 3 heterocycles. The lowest BCUT2D eigenvalue weighted by Crippen LogP contribution is -2.45. The van der Waals surface area contributed by atoms with Gasteiger partial charge in [0.05, 0.1) is 27.9 Å². The normalized spacial score (nSPS) is 21.7. The van der Waals surface area contributed by atoms with Crippen LogP contribution in [-0.2, 0) is 4.74 Å². The van der Waals surface area contributed by atoms with Crippen LogP contribution < -0.4 is 10.5 Å². The van der Waals surface area contributed by atoms with Gasteiger partial charge in [-0.05, 0) is 30.9 Å². The van der Waals surface area contributed by atoms with Gasteiger partial charge in [0.15, 0.2) is 5.82 Å². The van der Waals surface area contributed by atoms with E-state index in [1.165, 1.54) is 11.8 Å². The number of aromatic amines is 1. The van der Waals surface area contributed by atoms with Gasteiger partial charge in [-0.2, -0.15) is 0 Å². The lowest BCUT2D eigenvalue weighted by Gasteiger charge is -2.41. The molecular formula is C19H21Cl2N3O2S. The van der Waals surface area contributed by atoms with Gasteiger partial charge in [0.1, 0.15) is 0 Å². The fraction of sp³-hybridized carbons (Fsp3) is 0.474. The average Bonchev–Trinajstić information content (AvgIpc) is 3.00. The maximum atomic E-state index is 12.6. The highest BCUT2D eigenvalue weighted by Crippen LogP contribution is 2.43. The number of aromatic nitrogens is 2. The summed E-state index contributed by atoms with van der Waals surface area (Å²) in [5, 5.41) is 1.60. The predicted octanol–water partition coefficient (Wildman–Crippen LogP) is 4.48. The van der Waals surface area contributed by atoms with Crippen LogP contribution in [0.4, 0.5) is 5.82 Å². The van der Waals surface area contributed by atoms with Gasteiger partial charge < -0.3 is 14.6 Å². The first kappa shape index (κ1) is 19.1. The molecule has 1 atom stereocenters. The van der Waals surface area contributed by atoms with E-state index in [0.717, 1.165) is 44.0 Å². The summed E-state index contributed by atoms with van der Waals surface area (Å²) >= 11 is 13.6.